The average molecular weight is 438 g/mol. The molecule has 0 aliphatic heterocycles. The molecule has 152 valence electrons. The molecule has 0 saturated carbocycles. The van der Waals surface area contributed by atoms with Crippen LogP contribution in [0.15, 0.2) is 77.7 Å². The molecule has 0 heterocycles. The molecule has 1 nitrogen and oxygen atoms in total. The molecule has 0 radical (unpaired) electrons. The summed E-state index contributed by atoms with van der Waals surface area (Å²) in [5.74, 6) is 0.898. The molecule has 0 atom stereocenters. The first kappa shape index (κ1) is 22.1. The Morgan fingerprint density at radius 3 is 1.29 bits per heavy atom. The summed E-state index contributed by atoms with van der Waals surface area (Å²) in [7, 11) is -8.93. The quantitative estimate of drug-likeness (QED) is 0.230. The van der Waals surface area contributed by atoms with Crippen LogP contribution in [0.2, 0.25) is 0 Å². The van der Waals surface area contributed by atoms with Crippen molar-refractivity contribution in [2.45, 2.75) is 4.90 Å². The third-order valence-electron chi connectivity index (χ3n) is 3.46. The minimum absolute atomic E-state index is 0.898. The van der Waals surface area contributed by atoms with Crippen LogP contribution in [0.25, 0.3) is 22.3 Å². The molecule has 0 unspecified atom stereocenters. The van der Waals surface area contributed by atoms with E-state index in [0.29, 0.717) is 0 Å². The summed E-state index contributed by atoms with van der Waals surface area (Å²) in [5, 5.41) is 0. The van der Waals surface area contributed by atoms with Gasteiger partial charge in [0.15, 0.2) is 4.90 Å². The van der Waals surface area contributed by atoms with Crippen molar-refractivity contribution in [2.24, 2.45) is 0 Å². The number of hydrogen-bond donors (Lipinski definition) is 0. The van der Waals surface area contributed by atoms with Gasteiger partial charge in [-0.05, 0) is 23.8 Å². The van der Waals surface area contributed by atoms with Crippen molar-refractivity contribution in [3.63, 3.8) is 0 Å². The van der Waals surface area contributed by atoms with Crippen molar-refractivity contribution in [3.05, 3.63) is 72.8 Å². The number of hydrogen-bond acceptors (Lipinski definition) is 1. The molecule has 0 amide bonds. The van der Waals surface area contributed by atoms with Crippen LogP contribution in [0, 0.1) is 0 Å². The molecular weight excluding hydrogens is 421 g/mol. The van der Waals surface area contributed by atoms with Crippen molar-refractivity contribution >= 4 is 20.4 Å². The molecule has 9 heteroatoms. The van der Waals surface area contributed by atoms with Crippen molar-refractivity contribution < 1.29 is 29.9 Å². The van der Waals surface area contributed by atoms with Gasteiger partial charge in [0.2, 0.25) is 0 Å². The fourth-order valence-electron chi connectivity index (χ4n) is 2.51. The van der Waals surface area contributed by atoms with Crippen LogP contribution in [0.4, 0.5) is 25.2 Å². The summed E-state index contributed by atoms with van der Waals surface area (Å²) in [4.78, 5) is 1.04. The maximum absolute atomic E-state index is 10.7. The summed E-state index contributed by atoms with van der Waals surface area (Å²) in [6.45, 7) is 0. The Morgan fingerprint density at radius 2 is 1.00 bits per heavy atom. The molecule has 0 fully saturated rings. The van der Waals surface area contributed by atoms with Gasteiger partial charge in [-0.15, -0.1) is 0 Å². The van der Waals surface area contributed by atoms with E-state index in [-0.39, 0.29) is 0 Å². The first-order valence-electron chi connectivity index (χ1n) is 7.85. The van der Waals surface area contributed by atoms with Crippen molar-refractivity contribution in [3.8, 4) is 28.0 Å². The zero-order chi connectivity index (χ0) is 21.1. The van der Waals surface area contributed by atoms with E-state index in [9.17, 15) is 25.2 Å². The Kier molecular flexibility index (Phi) is 5.79. The van der Waals surface area contributed by atoms with Gasteiger partial charge < -0.3 is 4.74 Å². The fourth-order valence-corrected chi connectivity index (χ4v) is 2.80. The molecule has 0 N–H and O–H groups in total. The summed E-state index contributed by atoms with van der Waals surface area (Å²) in [6.07, 6.45) is 0. The molecule has 3 aromatic carbocycles. The average Bonchev–Trinajstić information content (AvgIpc) is 2.60. The Morgan fingerprint density at radius 1 is 0.679 bits per heavy atom. The summed E-state index contributed by atoms with van der Waals surface area (Å²) >= 11 is 3.67. The SMILES string of the molecule is COc1c(-c2ccccc2)cc([SH2+])cc1-c1ccccc1.F[P-](F)(F)(F)(F)F. The number of methoxy groups -OCH3 is 1. The maximum atomic E-state index is 9.87. The van der Waals surface area contributed by atoms with Gasteiger partial charge in [0, 0.05) is 23.3 Å². The summed E-state index contributed by atoms with van der Waals surface area (Å²) in [6, 6.07) is 24.8. The molecule has 3 aromatic rings. The first-order chi connectivity index (χ1) is 12.7. The molecule has 28 heavy (non-hydrogen) atoms. The summed E-state index contributed by atoms with van der Waals surface area (Å²) in [5.41, 5.74) is 4.46. The molecule has 3 rings (SSSR count). The van der Waals surface area contributed by atoms with Crippen LogP contribution in [0.1, 0.15) is 0 Å². The summed E-state index contributed by atoms with van der Waals surface area (Å²) < 4.78 is 64.9. The van der Waals surface area contributed by atoms with E-state index >= 15 is 0 Å². The van der Waals surface area contributed by atoms with Crippen LogP contribution in [0.5, 0.6) is 5.75 Å². The normalized spacial score (nSPS) is 13.6. The zero-order valence-electron chi connectivity index (χ0n) is 14.6. The van der Waals surface area contributed by atoms with E-state index in [1.807, 2.05) is 36.4 Å². The third kappa shape index (κ3) is 7.82. The second-order valence-electron chi connectivity index (χ2n) is 5.79. The molecular formula is C19H17F6OPS. The molecule has 0 saturated heterocycles. The minimum atomic E-state index is -10.7. The second-order valence-corrected chi connectivity index (χ2v) is 8.29. The van der Waals surface area contributed by atoms with Gasteiger partial charge in [-0.3, -0.25) is 0 Å². The fraction of sp³-hybridized carbons (Fsp3) is 0.0526. The van der Waals surface area contributed by atoms with E-state index in [4.69, 9.17) is 4.74 Å². The van der Waals surface area contributed by atoms with Crippen LogP contribution in [-0.2, 0) is 12.6 Å². The van der Waals surface area contributed by atoms with E-state index in [1.165, 1.54) is 0 Å². The molecule has 0 aliphatic carbocycles. The van der Waals surface area contributed by atoms with E-state index in [2.05, 4.69) is 49.0 Å². The van der Waals surface area contributed by atoms with Gasteiger partial charge in [-0.25, -0.2) is 0 Å². The van der Waals surface area contributed by atoms with Crippen LogP contribution in [0.3, 0.4) is 0 Å². The van der Waals surface area contributed by atoms with Crippen molar-refractivity contribution in [1.82, 2.24) is 0 Å². The molecule has 0 bridgehead atoms. The van der Waals surface area contributed by atoms with Gasteiger partial charge in [-0.1, -0.05) is 60.7 Å². The number of halogens is 6. The topological polar surface area (TPSA) is 9.23 Å². The number of rotatable bonds is 3. The number of ether oxygens (including phenoxy) is 1. The van der Waals surface area contributed by atoms with E-state index in [1.54, 1.807) is 7.11 Å². The third-order valence-corrected chi connectivity index (χ3v) is 3.75. The zero-order valence-corrected chi connectivity index (χ0v) is 16.4. The number of benzene rings is 3. The van der Waals surface area contributed by atoms with Crippen LogP contribution in [-0.4, -0.2) is 7.11 Å². The van der Waals surface area contributed by atoms with E-state index < -0.39 is 7.81 Å². The molecule has 0 aliphatic rings. The van der Waals surface area contributed by atoms with Crippen LogP contribution >= 0.6 is 7.81 Å². The Hall–Kier alpha value is -2.18. The monoisotopic (exact) mass is 438 g/mol. The van der Waals surface area contributed by atoms with Crippen molar-refractivity contribution in [2.75, 3.05) is 7.11 Å². The van der Waals surface area contributed by atoms with Gasteiger partial charge in [0.1, 0.15) is 5.75 Å². The van der Waals surface area contributed by atoms with Crippen LogP contribution < -0.4 is 4.74 Å². The Balaban J connectivity index is 0.000000345. The van der Waals surface area contributed by atoms with E-state index in [0.717, 1.165) is 32.9 Å². The van der Waals surface area contributed by atoms with Crippen molar-refractivity contribution in [1.29, 1.82) is 0 Å². The predicted octanol–water partition coefficient (Wildman–Crippen LogP) is 7.78. The van der Waals surface area contributed by atoms with Gasteiger partial charge in [0.05, 0.1) is 7.11 Å². The standard InChI is InChI=1S/C19H16OS.F6P/c1-20-19-17(14-8-4-2-5-9-14)12-16(21)13-18(19)15-10-6-3-7-11-15;1-7(2,3,4,5)6/h2-13,21H,1H3;/q;-1/p+1. The second kappa shape index (κ2) is 7.33. The predicted molar refractivity (Wildman–Crippen MR) is 106 cm³/mol. The van der Waals surface area contributed by atoms with Gasteiger partial charge >= 0.3 is 33.0 Å². The molecule has 0 aromatic heterocycles. The molecule has 0 spiro atoms. The van der Waals surface area contributed by atoms with Gasteiger partial charge in [-0.2, -0.15) is 0 Å². The Labute approximate surface area is 163 Å². The Bertz CT molecular complexity index is 873. The van der Waals surface area contributed by atoms with Gasteiger partial charge in [0.25, 0.3) is 0 Å². The first-order valence-corrected chi connectivity index (χ1v) is 10.4.